The number of aromatic nitrogens is 1. The lowest BCUT2D eigenvalue weighted by Crippen LogP contribution is -2.47. The predicted molar refractivity (Wildman–Crippen MR) is 97.9 cm³/mol. The second kappa shape index (κ2) is 8.94. The van der Waals surface area contributed by atoms with Crippen molar-refractivity contribution in [1.82, 2.24) is 15.2 Å². The van der Waals surface area contributed by atoms with E-state index in [1.807, 2.05) is 12.3 Å². The number of hydrogen-bond acceptors (Lipinski definition) is 4. The minimum absolute atomic E-state index is 0.194. The molecule has 0 unspecified atom stereocenters. The summed E-state index contributed by atoms with van der Waals surface area (Å²) < 4.78 is 0. The van der Waals surface area contributed by atoms with Crippen molar-refractivity contribution in [3.63, 3.8) is 0 Å². The molecule has 0 spiro atoms. The van der Waals surface area contributed by atoms with Gasteiger partial charge in [-0.15, -0.1) is 11.3 Å². The molecular weight excluding hydrogens is 318 g/mol. The highest BCUT2D eigenvalue weighted by atomic mass is 32.1. The van der Waals surface area contributed by atoms with Gasteiger partial charge in [0.05, 0.1) is 0 Å². The van der Waals surface area contributed by atoms with Gasteiger partial charge < -0.3 is 5.32 Å². The molecule has 1 fully saturated rings. The third kappa shape index (κ3) is 5.42. The zero-order valence-electron chi connectivity index (χ0n) is 14.0. The number of carbonyl (C=O) groups excluding carboxylic acids is 1. The average molecular weight is 343 g/mol. The molecule has 1 aliphatic rings. The van der Waals surface area contributed by atoms with E-state index in [1.165, 1.54) is 10.4 Å². The largest absolute Gasteiger partial charge is 0.352 e. The molecule has 24 heavy (non-hydrogen) atoms. The topological polar surface area (TPSA) is 45.2 Å². The standard InChI is InChI=1S/C19H25N3OS/c23-19(9-1-7-18-8-4-12-24-18)21-17-6-3-11-22(15-17)14-16-5-2-10-20-13-16/h2,4-5,8,10,12-13,17H,1,3,6-7,9,11,14-15H2,(H,21,23)/t17-/m0/s1. The monoisotopic (exact) mass is 343 g/mol. The van der Waals surface area contributed by atoms with Gasteiger partial charge in [0.25, 0.3) is 0 Å². The van der Waals surface area contributed by atoms with Crippen LogP contribution in [-0.2, 0) is 17.8 Å². The number of nitrogens with zero attached hydrogens (tertiary/aromatic N) is 2. The van der Waals surface area contributed by atoms with Gasteiger partial charge >= 0.3 is 0 Å². The highest BCUT2D eigenvalue weighted by Gasteiger charge is 2.21. The molecule has 2 aromatic rings. The van der Waals surface area contributed by atoms with E-state index in [9.17, 15) is 4.79 Å². The Bertz CT molecular complexity index is 615. The molecule has 0 aliphatic carbocycles. The van der Waals surface area contributed by atoms with Crippen molar-refractivity contribution >= 4 is 17.2 Å². The number of aryl methyl sites for hydroxylation is 1. The number of hydrogen-bond donors (Lipinski definition) is 1. The summed E-state index contributed by atoms with van der Waals surface area (Å²) in [5, 5.41) is 5.31. The molecule has 1 aliphatic heterocycles. The maximum Gasteiger partial charge on any atom is 0.220 e. The van der Waals surface area contributed by atoms with Crippen LogP contribution in [0.25, 0.3) is 0 Å². The molecule has 3 heterocycles. The van der Waals surface area contributed by atoms with Crippen molar-refractivity contribution in [2.24, 2.45) is 0 Å². The number of rotatable bonds is 7. The maximum atomic E-state index is 12.2. The van der Waals surface area contributed by atoms with E-state index in [1.54, 1.807) is 17.5 Å². The Balaban J connectivity index is 1.39. The Labute approximate surface area is 147 Å². The van der Waals surface area contributed by atoms with Gasteiger partial charge in [-0.3, -0.25) is 14.7 Å². The van der Waals surface area contributed by atoms with E-state index < -0.39 is 0 Å². The van der Waals surface area contributed by atoms with Crippen LogP contribution >= 0.6 is 11.3 Å². The molecule has 0 radical (unpaired) electrons. The quantitative estimate of drug-likeness (QED) is 0.839. The third-order valence-corrected chi connectivity index (χ3v) is 5.34. The highest BCUT2D eigenvalue weighted by molar-refractivity contribution is 7.09. The molecule has 0 aromatic carbocycles. The summed E-state index contributed by atoms with van der Waals surface area (Å²) in [6.45, 7) is 2.95. The molecule has 0 bridgehead atoms. The van der Waals surface area contributed by atoms with Crippen molar-refractivity contribution < 1.29 is 4.79 Å². The highest BCUT2D eigenvalue weighted by Crippen LogP contribution is 2.15. The minimum atomic E-state index is 0.194. The van der Waals surface area contributed by atoms with Gasteiger partial charge in [-0.25, -0.2) is 0 Å². The number of amides is 1. The van der Waals surface area contributed by atoms with E-state index in [-0.39, 0.29) is 11.9 Å². The summed E-state index contributed by atoms with van der Waals surface area (Å²) in [7, 11) is 0. The predicted octanol–water partition coefficient (Wildman–Crippen LogP) is 3.25. The zero-order valence-corrected chi connectivity index (χ0v) is 14.8. The number of thiophene rings is 1. The third-order valence-electron chi connectivity index (χ3n) is 4.41. The van der Waals surface area contributed by atoms with Crippen LogP contribution < -0.4 is 5.32 Å². The zero-order chi connectivity index (χ0) is 16.6. The van der Waals surface area contributed by atoms with E-state index >= 15 is 0 Å². The van der Waals surface area contributed by atoms with Crippen LogP contribution in [0.5, 0.6) is 0 Å². The Morgan fingerprint density at radius 1 is 1.38 bits per heavy atom. The van der Waals surface area contributed by atoms with Crippen LogP contribution in [0.2, 0.25) is 0 Å². The molecule has 2 aromatic heterocycles. The van der Waals surface area contributed by atoms with Crippen LogP contribution in [0.3, 0.4) is 0 Å². The van der Waals surface area contributed by atoms with Crippen molar-refractivity contribution in [2.75, 3.05) is 13.1 Å². The molecule has 4 nitrogen and oxygen atoms in total. The van der Waals surface area contributed by atoms with Crippen molar-refractivity contribution in [2.45, 2.75) is 44.7 Å². The number of likely N-dealkylation sites (tertiary alicyclic amines) is 1. The maximum absolute atomic E-state index is 12.2. The van der Waals surface area contributed by atoms with Crippen molar-refractivity contribution in [3.8, 4) is 0 Å². The second-order valence-corrected chi connectivity index (χ2v) is 7.47. The Hall–Kier alpha value is -1.72. The first-order valence-corrected chi connectivity index (χ1v) is 9.60. The first kappa shape index (κ1) is 17.1. The van der Waals surface area contributed by atoms with Crippen molar-refractivity contribution in [3.05, 3.63) is 52.5 Å². The Kier molecular flexibility index (Phi) is 6.38. The SMILES string of the molecule is O=C(CCCc1cccs1)N[C@H]1CCCN(Cc2cccnc2)C1. The lowest BCUT2D eigenvalue weighted by atomic mass is 10.0. The summed E-state index contributed by atoms with van der Waals surface area (Å²) in [6.07, 6.45) is 8.50. The average Bonchev–Trinajstić information content (AvgIpc) is 3.09. The van der Waals surface area contributed by atoms with Crippen LogP contribution in [0.4, 0.5) is 0 Å². The number of pyridine rings is 1. The van der Waals surface area contributed by atoms with Gasteiger partial charge in [0.2, 0.25) is 5.91 Å². The van der Waals surface area contributed by atoms with E-state index in [2.05, 4.69) is 38.8 Å². The van der Waals surface area contributed by atoms with Crippen LogP contribution in [0.15, 0.2) is 42.0 Å². The summed E-state index contributed by atoms with van der Waals surface area (Å²) in [6, 6.07) is 8.58. The van der Waals surface area contributed by atoms with Gasteiger partial charge in [0, 0.05) is 42.8 Å². The number of piperidine rings is 1. The van der Waals surface area contributed by atoms with Crippen LogP contribution in [0.1, 0.15) is 36.1 Å². The summed E-state index contributed by atoms with van der Waals surface area (Å²) in [4.78, 5) is 20.1. The van der Waals surface area contributed by atoms with Crippen LogP contribution in [0, 0.1) is 0 Å². The lowest BCUT2D eigenvalue weighted by Gasteiger charge is -2.33. The fraction of sp³-hybridized carbons (Fsp3) is 0.474. The molecular formula is C19H25N3OS. The van der Waals surface area contributed by atoms with Gasteiger partial charge in [-0.05, 0) is 55.3 Å². The first-order valence-electron chi connectivity index (χ1n) is 8.72. The summed E-state index contributed by atoms with van der Waals surface area (Å²) in [5.41, 5.74) is 1.24. The molecule has 128 valence electrons. The van der Waals surface area contributed by atoms with Gasteiger partial charge in [-0.2, -0.15) is 0 Å². The van der Waals surface area contributed by atoms with Crippen molar-refractivity contribution in [1.29, 1.82) is 0 Å². The van der Waals surface area contributed by atoms with Gasteiger partial charge in [0.1, 0.15) is 0 Å². The van der Waals surface area contributed by atoms with Gasteiger partial charge in [-0.1, -0.05) is 12.1 Å². The van der Waals surface area contributed by atoms with E-state index in [4.69, 9.17) is 0 Å². The van der Waals surface area contributed by atoms with Crippen LogP contribution in [-0.4, -0.2) is 34.9 Å². The number of nitrogens with one attached hydrogen (secondary N) is 1. The smallest absolute Gasteiger partial charge is 0.220 e. The molecule has 1 atom stereocenters. The Morgan fingerprint density at radius 2 is 2.33 bits per heavy atom. The molecule has 0 saturated carbocycles. The molecule has 1 N–H and O–H groups in total. The molecule has 3 rings (SSSR count). The van der Waals surface area contributed by atoms with E-state index in [0.29, 0.717) is 6.42 Å². The molecule has 1 amide bonds. The first-order chi connectivity index (χ1) is 11.8. The fourth-order valence-electron chi connectivity index (χ4n) is 3.24. The lowest BCUT2D eigenvalue weighted by molar-refractivity contribution is -0.122. The van der Waals surface area contributed by atoms with Gasteiger partial charge in [0.15, 0.2) is 0 Å². The summed E-state index contributed by atoms with van der Waals surface area (Å²) in [5.74, 6) is 0.194. The minimum Gasteiger partial charge on any atom is -0.352 e. The molecule has 1 saturated heterocycles. The normalized spacial score (nSPS) is 18.4. The number of carbonyl (C=O) groups is 1. The van der Waals surface area contributed by atoms with E-state index in [0.717, 1.165) is 45.3 Å². The summed E-state index contributed by atoms with van der Waals surface area (Å²) >= 11 is 1.77. The fourth-order valence-corrected chi connectivity index (χ4v) is 4.00. The Morgan fingerprint density at radius 3 is 3.12 bits per heavy atom. The molecule has 5 heteroatoms. The second-order valence-electron chi connectivity index (χ2n) is 6.44.